The van der Waals surface area contributed by atoms with E-state index in [-0.39, 0.29) is 4.90 Å². The molecule has 0 aliphatic heterocycles. The van der Waals surface area contributed by atoms with Crippen LogP contribution in [0.5, 0.6) is 5.75 Å². The van der Waals surface area contributed by atoms with Crippen LogP contribution in [0.4, 0.5) is 0 Å². The van der Waals surface area contributed by atoms with E-state index in [1.165, 1.54) is 19.1 Å². The number of aromatic nitrogens is 2. The highest BCUT2D eigenvalue weighted by Gasteiger charge is 2.25. The Kier molecular flexibility index (Phi) is 5.00. The van der Waals surface area contributed by atoms with E-state index in [0.717, 1.165) is 22.5 Å². The second-order valence-corrected chi connectivity index (χ2v) is 7.79. The second kappa shape index (κ2) is 7.24. The summed E-state index contributed by atoms with van der Waals surface area (Å²) in [4.78, 5) is 25.0. The normalized spacial score (nSPS) is 12.5. The van der Waals surface area contributed by atoms with Crippen molar-refractivity contribution >= 4 is 15.9 Å². The smallest absolute Gasteiger partial charge is 0.349 e. The first-order chi connectivity index (χ1) is 12.8. The SMILES string of the molecule is Cc1ccc(S(=O)(=O)n2ccn(C(=O)[C@H](C)Oc3ccccc3)c2=O)cc1. The van der Waals surface area contributed by atoms with Gasteiger partial charge in [-0.05, 0) is 38.1 Å². The van der Waals surface area contributed by atoms with Gasteiger partial charge in [-0.2, -0.15) is 3.97 Å². The fraction of sp³-hybridized carbons (Fsp3) is 0.158. The van der Waals surface area contributed by atoms with Crippen molar-refractivity contribution < 1.29 is 17.9 Å². The van der Waals surface area contributed by atoms with Gasteiger partial charge in [0, 0.05) is 12.4 Å². The molecule has 140 valence electrons. The number of benzene rings is 2. The Balaban J connectivity index is 1.89. The van der Waals surface area contributed by atoms with Crippen molar-refractivity contribution in [2.75, 3.05) is 0 Å². The van der Waals surface area contributed by atoms with Crippen molar-refractivity contribution in [3.05, 3.63) is 83.0 Å². The number of carbonyl (C=O) groups excluding carboxylic acids is 1. The Labute approximate surface area is 156 Å². The second-order valence-electron chi connectivity index (χ2n) is 5.98. The average molecular weight is 386 g/mol. The zero-order chi connectivity index (χ0) is 19.6. The molecule has 0 unspecified atom stereocenters. The Hall–Kier alpha value is -3.13. The highest BCUT2D eigenvalue weighted by molar-refractivity contribution is 7.90. The number of ether oxygens (including phenoxy) is 1. The third-order valence-electron chi connectivity index (χ3n) is 3.96. The van der Waals surface area contributed by atoms with Crippen molar-refractivity contribution in [2.45, 2.75) is 24.8 Å². The van der Waals surface area contributed by atoms with Gasteiger partial charge in [-0.1, -0.05) is 35.9 Å². The largest absolute Gasteiger partial charge is 0.481 e. The van der Waals surface area contributed by atoms with Crippen molar-refractivity contribution in [3.8, 4) is 5.75 Å². The molecular weight excluding hydrogens is 368 g/mol. The van der Waals surface area contributed by atoms with Crippen LogP contribution in [-0.2, 0) is 10.0 Å². The summed E-state index contributed by atoms with van der Waals surface area (Å²) in [5.41, 5.74) is -0.0787. The minimum absolute atomic E-state index is 0.0333. The minimum atomic E-state index is -4.09. The summed E-state index contributed by atoms with van der Waals surface area (Å²) in [6.07, 6.45) is 1.22. The molecule has 0 fully saturated rings. The predicted molar refractivity (Wildman–Crippen MR) is 99.6 cm³/mol. The number of hydrogen-bond donors (Lipinski definition) is 0. The van der Waals surface area contributed by atoms with E-state index in [2.05, 4.69) is 0 Å². The van der Waals surface area contributed by atoms with Crippen LogP contribution >= 0.6 is 0 Å². The van der Waals surface area contributed by atoms with Crippen LogP contribution in [0.3, 0.4) is 0 Å². The van der Waals surface area contributed by atoms with Gasteiger partial charge in [-0.3, -0.25) is 4.79 Å². The van der Waals surface area contributed by atoms with Gasteiger partial charge in [0.25, 0.3) is 15.9 Å². The Morgan fingerprint density at radius 2 is 1.63 bits per heavy atom. The molecule has 3 aromatic rings. The molecule has 0 N–H and O–H groups in total. The van der Waals surface area contributed by atoms with Crippen molar-refractivity contribution in [1.29, 1.82) is 0 Å². The van der Waals surface area contributed by atoms with Crippen molar-refractivity contribution in [2.24, 2.45) is 0 Å². The Bertz CT molecular complexity index is 1110. The van der Waals surface area contributed by atoms with Gasteiger partial charge in [0.05, 0.1) is 4.90 Å². The highest BCUT2D eigenvalue weighted by atomic mass is 32.2. The Morgan fingerprint density at radius 3 is 2.26 bits per heavy atom. The highest BCUT2D eigenvalue weighted by Crippen LogP contribution is 2.14. The molecule has 0 amide bonds. The van der Waals surface area contributed by atoms with Gasteiger partial charge in [0.1, 0.15) is 5.75 Å². The summed E-state index contributed by atoms with van der Waals surface area (Å²) in [6, 6.07) is 14.8. The molecule has 1 heterocycles. The maximum absolute atomic E-state index is 12.7. The lowest BCUT2D eigenvalue weighted by Gasteiger charge is -2.13. The average Bonchev–Trinajstić information content (AvgIpc) is 3.04. The number of rotatable bonds is 5. The summed E-state index contributed by atoms with van der Waals surface area (Å²) in [5.74, 6) is -0.195. The van der Waals surface area contributed by atoms with E-state index in [1.54, 1.807) is 42.5 Å². The number of para-hydroxylation sites is 1. The third kappa shape index (κ3) is 3.70. The number of nitrogens with zero attached hydrogens (tertiary/aromatic N) is 2. The molecule has 0 saturated carbocycles. The standard InChI is InChI=1S/C19H18N2O5S/c1-14-8-10-17(11-9-14)27(24,25)21-13-12-20(19(21)23)18(22)15(2)26-16-6-4-3-5-7-16/h3-13,15H,1-2H3/t15-/m0/s1. The van der Waals surface area contributed by atoms with Crippen LogP contribution in [-0.4, -0.2) is 29.0 Å². The van der Waals surface area contributed by atoms with Crippen LogP contribution in [0.15, 0.2) is 76.7 Å². The van der Waals surface area contributed by atoms with Gasteiger partial charge in [0.15, 0.2) is 6.10 Å². The number of aryl methyl sites for hydroxylation is 1. The third-order valence-corrected chi connectivity index (χ3v) is 5.63. The van der Waals surface area contributed by atoms with Crippen LogP contribution < -0.4 is 10.4 Å². The van der Waals surface area contributed by atoms with E-state index in [4.69, 9.17) is 4.74 Å². The lowest BCUT2D eigenvalue weighted by Crippen LogP contribution is -2.38. The van der Waals surface area contributed by atoms with Crippen LogP contribution in [0.1, 0.15) is 17.3 Å². The molecule has 1 aromatic heterocycles. The number of hydrogen-bond acceptors (Lipinski definition) is 5. The number of imidazole rings is 1. The molecule has 0 aliphatic carbocycles. The molecule has 0 radical (unpaired) electrons. The van der Waals surface area contributed by atoms with E-state index in [0.29, 0.717) is 9.72 Å². The molecular formula is C19H18N2O5S. The molecule has 0 saturated heterocycles. The van der Waals surface area contributed by atoms with Gasteiger partial charge < -0.3 is 4.74 Å². The molecule has 3 rings (SSSR count). The van der Waals surface area contributed by atoms with Crippen molar-refractivity contribution in [3.63, 3.8) is 0 Å². The van der Waals surface area contributed by atoms with Gasteiger partial charge in [0.2, 0.25) is 0 Å². The van der Waals surface area contributed by atoms with Crippen LogP contribution in [0.25, 0.3) is 0 Å². The zero-order valence-corrected chi connectivity index (χ0v) is 15.6. The quantitative estimate of drug-likeness (QED) is 0.671. The van der Waals surface area contributed by atoms with Crippen LogP contribution in [0, 0.1) is 6.92 Å². The fourth-order valence-corrected chi connectivity index (χ4v) is 3.70. The summed E-state index contributed by atoms with van der Waals surface area (Å²) in [5, 5.41) is 0. The lowest BCUT2D eigenvalue weighted by atomic mass is 10.2. The summed E-state index contributed by atoms with van der Waals surface area (Å²) < 4.78 is 32.1. The molecule has 0 bridgehead atoms. The van der Waals surface area contributed by atoms with E-state index in [1.807, 2.05) is 6.92 Å². The topological polar surface area (TPSA) is 87.4 Å². The minimum Gasteiger partial charge on any atom is -0.481 e. The maximum atomic E-state index is 12.7. The van der Waals surface area contributed by atoms with Gasteiger partial charge in [-0.25, -0.2) is 17.8 Å². The number of carbonyl (C=O) groups is 1. The monoisotopic (exact) mass is 386 g/mol. The molecule has 1 atom stereocenters. The molecule has 8 heteroatoms. The first-order valence-electron chi connectivity index (χ1n) is 8.19. The summed E-state index contributed by atoms with van der Waals surface area (Å²) in [7, 11) is -4.09. The fourth-order valence-electron chi connectivity index (χ4n) is 2.48. The molecule has 0 aliphatic rings. The van der Waals surface area contributed by atoms with Gasteiger partial charge >= 0.3 is 5.69 Å². The first-order valence-corrected chi connectivity index (χ1v) is 9.63. The predicted octanol–water partition coefficient (Wildman–Crippen LogP) is 2.30. The molecule has 2 aromatic carbocycles. The molecule has 7 nitrogen and oxygen atoms in total. The zero-order valence-electron chi connectivity index (χ0n) is 14.8. The van der Waals surface area contributed by atoms with E-state index < -0.39 is 27.7 Å². The Morgan fingerprint density at radius 1 is 1.00 bits per heavy atom. The van der Waals surface area contributed by atoms with E-state index >= 15 is 0 Å². The van der Waals surface area contributed by atoms with Crippen molar-refractivity contribution in [1.82, 2.24) is 8.54 Å². The van der Waals surface area contributed by atoms with Crippen LogP contribution in [0.2, 0.25) is 0 Å². The summed E-state index contributed by atoms with van der Waals surface area (Å²) in [6.45, 7) is 3.32. The molecule has 0 spiro atoms. The molecule has 27 heavy (non-hydrogen) atoms. The maximum Gasteiger partial charge on any atom is 0.349 e. The summed E-state index contributed by atoms with van der Waals surface area (Å²) >= 11 is 0. The first kappa shape index (κ1) is 18.7. The van der Waals surface area contributed by atoms with E-state index in [9.17, 15) is 18.0 Å². The van der Waals surface area contributed by atoms with Gasteiger partial charge in [-0.15, -0.1) is 0 Å². The lowest BCUT2D eigenvalue weighted by molar-refractivity contribution is 0.0723.